The molecule has 20 heavy (non-hydrogen) atoms. The summed E-state index contributed by atoms with van der Waals surface area (Å²) >= 11 is 0. The van der Waals surface area contributed by atoms with Crippen molar-refractivity contribution in [2.24, 2.45) is 0 Å². The summed E-state index contributed by atoms with van der Waals surface area (Å²) in [7, 11) is 7.16. The molecule has 0 aliphatic carbocycles. The van der Waals surface area contributed by atoms with E-state index in [1.54, 1.807) is 44.9 Å². The van der Waals surface area contributed by atoms with E-state index in [-0.39, 0.29) is 11.9 Å². The van der Waals surface area contributed by atoms with Crippen molar-refractivity contribution in [1.29, 1.82) is 0 Å². The fourth-order valence-electron chi connectivity index (χ4n) is 1.68. The molecule has 0 radical (unpaired) electrons. The maximum Gasteiger partial charge on any atom is 0.331 e. The van der Waals surface area contributed by atoms with Crippen LogP contribution in [0, 0.1) is 0 Å². The second-order valence-corrected chi connectivity index (χ2v) is 4.86. The molecule has 1 aromatic rings. The van der Waals surface area contributed by atoms with E-state index in [2.05, 4.69) is 20.3 Å². The number of urea groups is 1. The van der Waals surface area contributed by atoms with Crippen LogP contribution in [-0.2, 0) is 4.79 Å². The zero-order valence-electron chi connectivity index (χ0n) is 12.1. The average Bonchev–Trinajstić information content (AvgIpc) is 2.62. The zero-order valence-corrected chi connectivity index (χ0v) is 12.1. The number of nitrogens with one attached hydrogen (secondary N) is 1. The van der Waals surface area contributed by atoms with Gasteiger partial charge in [-0.2, -0.15) is 15.0 Å². The van der Waals surface area contributed by atoms with Gasteiger partial charge in [-0.15, -0.1) is 0 Å². The first kappa shape index (κ1) is 14.0. The summed E-state index contributed by atoms with van der Waals surface area (Å²) < 4.78 is 0. The number of nitrogens with zero attached hydrogens (tertiary/aromatic N) is 6. The van der Waals surface area contributed by atoms with Crippen LogP contribution in [0.1, 0.15) is 6.92 Å². The second kappa shape index (κ2) is 4.91. The molecule has 2 rings (SSSR count). The highest BCUT2D eigenvalue weighted by molar-refractivity contribution is 6.13. The number of amides is 3. The van der Waals surface area contributed by atoms with Crippen LogP contribution in [0.5, 0.6) is 0 Å². The lowest BCUT2D eigenvalue weighted by atomic mass is 10.3. The third-order valence-electron chi connectivity index (χ3n) is 2.83. The Morgan fingerprint density at radius 2 is 1.50 bits per heavy atom. The van der Waals surface area contributed by atoms with Crippen LogP contribution in [0.4, 0.5) is 22.6 Å². The summed E-state index contributed by atoms with van der Waals surface area (Å²) in [5.74, 6) is 0.618. The van der Waals surface area contributed by atoms with Crippen molar-refractivity contribution >= 4 is 29.8 Å². The molecule has 2 heterocycles. The molecule has 9 nitrogen and oxygen atoms in total. The molecule has 1 aliphatic heterocycles. The van der Waals surface area contributed by atoms with Gasteiger partial charge in [0.2, 0.25) is 17.8 Å². The third kappa shape index (κ3) is 2.33. The summed E-state index contributed by atoms with van der Waals surface area (Å²) in [6.45, 7) is 1.62. The van der Waals surface area contributed by atoms with Crippen molar-refractivity contribution < 1.29 is 9.59 Å². The number of aromatic nitrogens is 3. The standard InChI is InChI=1S/C11H17N7O2/c1-6-7(19)12-11(20)18(6)10-14-8(16(2)3)13-9(15-10)17(4)5/h6H,1-5H3,(H,12,19,20). The first-order valence-corrected chi connectivity index (χ1v) is 6.06. The number of imide groups is 1. The largest absolute Gasteiger partial charge is 0.347 e. The van der Waals surface area contributed by atoms with E-state index in [0.717, 1.165) is 0 Å². The predicted molar refractivity (Wildman–Crippen MR) is 74.0 cm³/mol. The molecule has 108 valence electrons. The van der Waals surface area contributed by atoms with Crippen LogP contribution in [0.15, 0.2) is 0 Å². The lowest BCUT2D eigenvalue weighted by Crippen LogP contribution is -2.35. The minimum atomic E-state index is -0.644. The molecule has 1 saturated heterocycles. The van der Waals surface area contributed by atoms with Gasteiger partial charge < -0.3 is 9.80 Å². The highest BCUT2D eigenvalue weighted by Crippen LogP contribution is 2.21. The van der Waals surface area contributed by atoms with Gasteiger partial charge in [-0.1, -0.05) is 0 Å². The van der Waals surface area contributed by atoms with Crippen LogP contribution < -0.4 is 20.0 Å². The normalized spacial score (nSPS) is 18.2. The maximum atomic E-state index is 11.8. The molecule has 0 aromatic carbocycles. The van der Waals surface area contributed by atoms with E-state index in [1.807, 2.05) is 0 Å². The van der Waals surface area contributed by atoms with Gasteiger partial charge in [0, 0.05) is 28.2 Å². The minimum Gasteiger partial charge on any atom is -0.347 e. The van der Waals surface area contributed by atoms with Gasteiger partial charge in [0.1, 0.15) is 6.04 Å². The number of hydrogen-bond donors (Lipinski definition) is 1. The topological polar surface area (TPSA) is 94.6 Å². The van der Waals surface area contributed by atoms with E-state index in [9.17, 15) is 9.59 Å². The smallest absolute Gasteiger partial charge is 0.331 e. The van der Waals surface area contributed by atoms with E-state index in [4.69, 9.17) is 0 Å². The van der Waals surface area contributed by atoms with Gasteiger partial charge in [0.25, 0.3) is 5.91 Å². The Kier molecular flexibility index (Phi) is 3.43. The number of anilines is 3. The second-order valence-electron chi connectivity index (χ2n) is 4.86. The van der Waals surface area contributed by atoms with Gasteiger partial charge in [0.05, 0.1) is 0 Å². The van der Waals surface area contributed by atoms with Crippen LogP contribution in [0.25, 0.3) is 0 Å². The van der Waals surface area contributed by atoms with Crippen molar-refractivity contribution in [3.8, 4) is 0 Å². The molecule has 1 atom stereocenters. The first-order valence-electron chi connectivity index (χ1n) is 6.06. The molecular formula is C11H17N7O2. The van der Waals surface area contributed by atoms with E-state index in [0.29, 0.717) is 11.9 Å². The van der Waals surface area contributed by atoms with Gasteiger partial charge >= 0.3 is 6.03 Å². The molecule has 0 bridgehead atoms. The number of carbonyl (C=O) groups excluding carboxylic acids is 2. The summed E-state index contributed by atoms with van der Waals surface area (Å²) in [6, 6.07) is -1.17. The molecular weight excluding hydrogens is 262 g/mol. The van der Waals surface area contributed by atoms with E-state index >= 15 is 0 Å². The Bertz CT molecular complexity index is 531. The highest BCUT2D eigenvalue weighted by Gasteiger charge is 2.38. The fraction of sp³-hybridized carbons (Fsp3) is 0.545. The Balaban J connectivity index is 2.50. The fourth-order valence-corrected chi connectivity index (χ4v) is 1.68. The van der Waals surface area contributed by atoms with Gasteiger partial charge in [0.15, 0.2) is 0 Å². The Morgan fingerprint density at radius 1 is 1.00 bits per heavy atom. The van der Waals surface area contributed by atoms with Gasteiger partial charge in [-0.3, -0.25) is 10.1 Å². The number of carbonyl (C=O) groups is 2. The number of rotatable bonds is 3. The Hall–Kier alpha value is -2.45. The lowest BCUT2D eigenvalue weighted by Gasteiger charge is -2.20. The highest BCUT2D eigenvalue weighted by atomic mass is 16.2. The van der Waals surface area contributed by atoms with Crippen LogP contribution in [0.2, 0.25) is 0 Å². The predicted octanol–water partition coefficient (Wildman–Crippen LogP) is -0.552. The molecule has 1 unspecified atom stereocenters. The van der Waals surface area contributed by atoms with Crippen molar-refractivity contribution in [1.82, 2.24) is 20.3 Å². The third-order valence-corrected chi connectivity index (χ3v) is 2.83. The summed E-state index contributed by atoms with van der Waals surface area (Å²) in [4.78, 5) is 40.7. The van der Waals surface area contributed by atoms with Crippen molar-refractivity contribution in [2.45, 2.75) is 13.0 Å². The van der Waals surface area contributed by atoms with Crippen LogP contribution in [-0.4, -0.2) is 61.1 Å². The lowest BCUT2D eigenvalue weighted by molar-refractivity contribution is -0.119. The molecule has 3 amide bonds. The molecule has 0 spiro atoms. The summed E-state index contributed by atoms with van der Waals surface area (Å²) in [6.07, 6.45) is 0. The molecule has 1 fully saturated rings. The van der Waals surface area contributed by atoms with E-state index in [1.165, 1.54) is 4.90 Å². The van der Waals surface area contributed by atoms with Crippen LogP contribution in [0.3, 0.4) is 0 Å². The van der Waals surface area contributed by atoms with Crippen LogP contribution >= 0.6 is 0 Å². The maximum absolute atomic E-state index is 11.8. The quantitative estimate of drug-likeness (QED) is 0.742. The molecule has 1 aromatic heterocycles. The first-order chi connectivity index (χ1) is 9.31. The molecule has 1 aliphatic rings. The van der Waals surface area contributed by atoms with Crippen molar-refractivity contribution in [2.75, 3.05) is 42.9 Å². The zero-order chi connectivity index (χ0) is 15.0. The molecule has 0 saturated carbocycles. The minimum absolute atomic E-state index is 0.156. The van der Waals surface area contributed by atoms with Gasteiger partial charge in [-0.05, 0) is 6.92 Å². The monoisotopic (exact) mass is 279 g/mol. The molecule has 9 heteroatoms. The molecule has 1 N–H and O–H groups in total. The summed E-state index contributed by atoms with van der Waals surface area (Å²) in [5, 5.41) is 2.23. The van der Waals surface area contributed by atoms with Crippen molar-refractivity contribution in [3.63, 3.8) is 0 Å². The van der Waals surface area contributed by atoms with E-state index < -0.39 is 12.1 Å². The van der Waals surface area contributed by atoms with Crippen molar-refractivity contribution in [3.05, 3.63) is 0 Å². The SMILES string of the molecule is CC1C(=O)NC(=O)N1c1nc(N(C)C)nc(N(C)C)n1. The number of hydrogen-bond acceptors (Lipinski definition) is 7. The Labute approximate surface area is 116 Å². The van der Waals surface area contributed by atoms with Gasteiger partial charge in [-0.25, -0.2) is 9.69 Å². The average molecular weight is 279 g/mol. The summed E-state index contributed by atoms with van der Waals surface area (Å²) in [5.41, 5.74) is 0. The Morgan fingerprint density at radius 3 is 1.85 bits per heavy atom.